The minimum absolute atomic E-state index is 0.193. The summed E-state index contributed by atoms with van der Waals surface area (Å²) in [4.78, 5) is 27.6. The van der Waals surface area contributed by atoms with Crippen LogP contribution in [0, 0.1) is 0 Å². The highest BCUT2D eigenvalue weighted by molar-refractivity contribution is 7.15. The van der Waals surface area contributed by atoms with Gasteiger partial charge in [-0.2, -0.15) is 10.1 Å². The largest absolute Gasteiger partial charge is 0.375 e. The summed E-state index contributed by atoms with van der Waals surface area (Å²) < 4.78 is 1.69. The van der Waals surface area contributed by atoms with Crippen molar-refractivity contribution in [2.75, 3.05) is 17.2 Å². The van der Waals surface area contributed by atoms with E-state index >= 15 is 0 Å². The van der Waals surface area contributed by atoms with E-state index in [0.717, 1.165) is 29.2 Å². The predicted octanol–water partition coefficient (Wildman–Crippen LogP) is 1.71. The maximum absolute atomic E-state index is 12.5. The van der Waals surface area contributed by atoms with Crippen LogP contribution >= 0.6 is 11.3 Å². The monoisotopic (exact) mass is 365 g/mol. The number of H-pyrrole nitrogens is 1. The van der Waals surface area contributed by atoms with E-state index in [9.17, 15) is 4.79 Å². The third-order valence-corrected chi connectivity index (χ3v) is 5.39. The van der Waals surface area contributed by atoms with Gasteiger partial charge in [-0.15, -0.1) is 11.3 Å². The van der Waals surface area contributed by atoms with Gasteiger partial charge in [0.2, 0.25) is 5.95 Å². The molecule has 4 heterocycles. The van der Waals surface area contributed by atoms with Crippen LogP contribution in [0.4, 0.5) is 11.1 Å². The number of fused-ring (bicyclic) bond motifs is 2. The molecule has 0 saturated heterocycles. The predicted molar refractivity (Wildman–Crippen MR) is 101 cm³/mol. The Kier molecular flexibility index (Phi) is 3.29. The first-order chi connectivity index (χ1) is 12.7. The molecule has 0 saturated carbocycles. The van der Waals surface area contributed by atoms with Crippen LogP contribution in [0.1, 0.15) is 10.6 Å². The number of aromatic nitrogens is 5. The van der Waals surface area contributed by atoms with Gasteiger partial charge in [0.15, 0.2) is 10.8 Å². The second-order valence-corrected chi connectivity index (χ2v) is 7.23. The zero-order chi connectivity index (χ0) is 17.7. The van der Waals surface area contributed by atoms with Gasteiger partial charge in [-0.25, -0.2) is 9.67 Å². The molecule has 4 aromatic rings. The van der Waals surface area contributed by atoms with Gasteiger partial charge >= 0.3 is 0 Å². The zero-order valence-corrected chi connectivity index (χ0v) is 14.5. The van der Waals surface area contributed by atoms with Gasteiger partial charge in [-0.1, -0.05) is 18.2 Å². The van der Waals surface area contributed by atoms with Gasteiger partial charge in [0.05, 0.1) is 24.1 Å². The Balaban J connectivity index is 1.60. The Labute approximate surface area is 151 Å². The number of anilines is 2. The molecule has 9 heteroatoms. The SMILES string of the molecule is Nc1nc2c(s1)CN(c1nc3c(cnn3-c3ccccc3)c(=O)[nH]1)CC2. The van der Waals surface area contributed by atoms with Crippen molar-refractivity contribution >= 4 is 33.5 Å². The molecule has 0 radical (unpaired) electrons. The molecule has 0 spiro atoms. The zero-order valence-electron chi connectivity index (χ0n) is 13.7. The highest BCUT2D eigenvalue weighted by Gasteiger charge is 2.23. The molecule has 1 aliphatic rings. The number of aromatic amines is 1. The number of nitrogen functional groups attached to an aromatic ring is 1. The molecule has 0 amide bonds. The van der Waals surface area contributed by atoms with Crippen LogP contribution in [-0.2, 0) is 13.0 Å². The number of nitrogens with zero attached hydrogens (tertiary/aromatic N) is 5. The molecular formula is C17H15N7OS. The van der Waals surface area contributed by atoms with Crippen molar-refractivity contribution < 1.29 is 0 Å². The summed E-state index contributed by atoms with van der Waals surface area (Å²) in [6.07, 6.45) is 2.33. The van der Waals surface area contributed by atoms with E-state index in [1.165, 1.54) is 11.3 Å². The highest BCUT2D eigenvalue weighted by Crippen LogP contribution is 2.28. The number of rotatable bonds is 2. The summed E-state index contributed by atoms with van der Waals surface area (Å²) in [5, 5.41) is 5.39. The molecule has 3 aromatic heterocycles. The fourth-order valence-corrected chi connectivity index (χ4v) is 4.11. The van der Waals surface area contributed by atoms with Gasteiger partial charge in [0.1, 0.15) is 5.39 Å². The molecule has 1 aromatic carbocycles. The summed E-state index contributed by atoms with van der Waals surface area (Å²) in [6, 6.07) is 9.66. The van der Waals surface area contributed by atoms with Gasteiger partial charge in [-0.3, -0.25) is 9.78 Å². The summed E-state index contributed by atoms with van der Waals surface area (Å²) in [7, 11) is 0. The second kappa shape index (κ2) is 5.67. The summed E-state index contributed by atoms with van der Waals surface area (Å²) in [6.45, 7) is 1.36. The number of hydrogen-bond acceptors (Lipinski definition) is 7. The molecule has 130 valence electrons. The lowest BCUT2D eigenvalue weighted by Crippen LogP contribution is -2.32. The molecule has 3 N–H and O–H groups in total. The van der Waals surface area contributed by atoms with E-state index in [2.05, 4.69) is 15.1 Å². The molecule has 0 unspecified atom stereocenters. The van der Waals surface area contributed by atoms with E-state index < -0.39 is 0 Å². The normalized spacial score (nSPS) is 13.9. The minimum Gasteiger partial charge on any atom is -0.375 e. The van der Waals surface area contributed by atoms with Crippen molar-refractivity contribution in [2.24, 2.45) is 0 Å². The van der Waals surface area contributed by atoms with Crippen molar-refractivity contribution in [2.45, 2.75) is 13.0 Å². The topological polar surface area (TPSA) is 106 Å². The Morgan fingerprint density at radius 1 is 1.19 bits per heavy atom. The second-order valence-electron chi connectivity index (χ2n) is 6.11. The third-order valence-electron chi connectivity index (χ3n) is 4.47. The maximum Gasteiger partial charge on any atom is 0.263 e. The number of nitrogens with two attached hydrogens (primary N) is 1. The average molecular weight is 365 g/mol. The molecule has 5 rings (SSSR count). The molecule has 0 atom stereocenters. The van der Waals surface area contributed by atoms with Crippen LogP contribution in [0.2, 0.25) is 0 Å². The summed E-state index contributed by atoms with van der Waals surface area (Å²) >= 11 is 1.49. The third kappa shape index (κ3) is 2.36. The van der Waals surface area contributed by atoms with Crippen LogP contribution < -0.4 is 16.2 Å². The van der Waals surface area contributed by atoms with E-state index in [-0.39, 0.29) is 5.56 Å². The lowest BCUT2D eigenvalue weighted by atomic mass is 10.2. The first kappa shape index (κ1) is 15.1. The minimum atomic E-state index is -0.193. The van der Waals surface area contributed by atoms with Crippen LogP contribution in [0.25, 0.3) is 16.7 Å². The number of hydrogen-bond donors (Lipinski definition) is 2. The Bertz CT molecular complexity index is 1160. The Morgan fingerprint density at radius 2 is 2.04 bits per heavy atom. The van der Waals surface area contributed by atoms with Crippen molar-refractivity contribution in [1.82, 2.24) is 24.7 Å². The van der Waals surface area contributed by atoms with Gasteiger partial charge in [0, 0.05) is 17.8 Å². The number of benzene rings is 1. The molecule has 0 bridgehead atoms. The van der Waals surface area contributed by atoms with Crippen LogP contribution in [-0.4, -0.2) is 31.3 Å². The van der Waals surface area contributed by atoms with Crippen molar-refractivity contribution in [1.29, 1.82) is 0 Å². The van der Waals surface area contributed by atoms with E-state index in [1.807, 2.05) is 35.2 Å². The first-order valence-electron chi connectivity index (χ1n) is 8.21. The fraction of sp³-hybridized carbons (Fsp3) is 0.176. The van der Waals surface area contributed by atoms with Crippen molar-refractivity contribution in [3.05, 3.63) is 57.5 Å². The molecule has 0 fully saturated rings. The Hall–Kier alpha value is -3.20. The lowest BCUT2D eigenvalue weighted by molar-refractivity contribution is 0.705. The first-order valence-corrected chi connectivity index (χ1v) is 9.03. The van der Waals surface area contributed by atoms with Gasteiger partial charge < -0.3 is 10.6 Å². The fourth-order valence-electron chi connectivity index (χ4n) is 3.21. The summed E-state index contributed by atoms with van der Waals surface area (Å²) in [5.41, 5.74) is 8.07. The average Bonchev–Trinajstić information content (AvgIpc) is 3.24. The maximum atomic E-state index is 12.5. The molecule has 8 nitrogen and oxygen atoms in total. The van der Waals surface area contributed by atoms with E-state index in [4.69, 9.17) is 10.7 Å². The highest BCUT2D eigenvalue weighted by atomic mass is 32.1. The van der Waals surface area contributed by atoms with Crippen LogP contribution in [0.5, 0.6) is 0 Å². The number of nitrogens with one attached hydrogen (secondary N) is 1. The quantitative estimate of drug-likeness (QED) is 0.560. The van der Waals surface area contributed by atoms with Gasteiger partial charge in [0.25, 0.3) is 5.56 Å². The Morgan fingerprint density at radius 3 is 2.88 bits per heavy atom. The molecule has 0 aliphatic carbocycles. The van der Waals surface area contributed by atoms with Crippen molar-refractivity contribution in [3.63, 3.8) is 0 Å². The smallest absolute Gasteiger partial charge is 0.263 e. The number of para-hydroxylation sites is 1. The van der Waals surface area contributed by atoms with Crippen LogP contribution in [0.15, 0.2) is 41.3 Å². The molecule has 26 heavy (non-hydrogen) atoms. The van der Waals surface area contributed by atoms with Crippen molar-refractivity contribution in [3.8, 4) is 5.69 Å². The standard InChI is InChI=1S/C17H15N7OS/c18-16-20-12-6-7-23(9-13(12)26-16)17-21-14-11(15(25)22-17)8-19-24(14)10-4-2-1-3-5-10/h1-5,8H,6-7,9H2,(H2,18,20)(H,21,22,25). The molecular weight excluding hydrogens is 350 g/mol. The van der Waals surface area contributed by atoms with E-state index in [0.29, 0.717) is 28.7 Å². The lowest BCUT2D eigenvalue weighted by Gasteiger charge is -2.26. The van der Waals surface area contributed by atoms with Gasteiger partial charge in [-0.05, 0) is 12.1 Å². The van der Waals surface area contributed by atoms with Crippen LogP contribution in [0.3, 0.4) is 0 Å². The van der Waals surface area contributed by atoms with E-state index in [1.54, 1.807) is 10.9 Å². The molecule has 1 aliphatic heterocycles. The summed E-state index contributed by atoms with van der Waals surface area (Å²) in [5.74, 6) is 0.540. The number of thiazole rings is 1.